The van der Waals surface area contributed by atoms with Gasteiger partial charge in [-0.1, -0.05) is 11.6 Å². The van der Waals surface area contributed by atoms with Crippen molar-refractivity contribution in [3.63, 3.8) is 0 Å². The smallest absolute Gasteiger partial charge is 0.177 e. The summed E-state index contributed by atoms with van der Waals surface area (Å²) in [5.74, 6) is 0.107. The summed E-state index contributed by atoms with van der Waals surface area (Å²) in [5, 5.41) is 6.68. The minimum Gasteiger partial charge on any atom is -0.293 e. The van der Waals surface area contributed by atoms with Gasteiger partial charge in [-0.15, -0.1) is 11.3 Å². The van der Waals surface area contributed by atoms with Gasteiger partial charge in [0, 0.05) is 19.0 Å². The van der Waals surface area contributed by atoms with E-state index in [0.29, 0.717) is 11.6 Å². The Bertz CT molecular complexity index is 571. The largest absolute Gasteiger partial charge is 0.293 e. The molecule has 0 aliphatic carbocycles. The van der Waals surface area contributed by atoms with E-state index >= 15 is 0 Å². The van der Waals surface area contributed by atoms with E-state index in [4.69, 9.17) is 11.6 Å². The molecule has 90 valence electrons. The van der Waals surface area contributed by atoms with Crippen molar-refractivity contribution in [2.45, 2.75) is 20.3 Å². The van der Waals surface area contributed by atoms with Crippen molar-refractivity contribution in [2.75, 3.05) is 0 Å². The number of rotatable bonds is 3. The third kappa shape index (κ3) is 2.28. The van der Waals surface area contributed by atoms with Gasteiger partial charge in [0.05, 0.1) is 10.6 Å². The second kappa shape index (κ2) is 4.63. The number of carbonyl (C=O) groups excluding carboxylic acids is 1. The zero-order valence-electron chi connectivity index (χ0n) is 9.95. The summed E-state index contributed by atoms with van der Waals surface area (Å²) in [6, 6.07) is 1.95. The molecule has 0 unspecified atom stereocenters. The quantitative estimate of drug-likeness (QED) is 0.802. The maximum Gasteiger partial charge on any atom is 0.177 e. The highest BCUT2D eigenvalue weighted by Crippen LogP contribution is 2.23. The van der Waals surface area contributed by atoms with Gasteiger partial charge >= 0.3 is 0 Å². The first-order valence-electron chi connectivity index (χ1n) is 5.26. The number of nitrogens with zero attached hydrogens (tertiary/aromatic N) is 2. The molecule has 0 amide bonds. The number of halogens is 1. The predicted molar refractivity (Wildman–Crippen MR) is 70.0 cm³/mol. The van der Waals surface area contributed by atoms with Gasteiger partial charge in [0.15, 0.2) is 5.78 Å². The second-order valence-electron chi connectivity index (χ2n) is 4.01. The minimum absolute atomic E-state index is 0.107. The van der Waals surface area contributed by atoms with Crippen molar-refractivity contribution in [2.24, 2.45) is 7.05 Å². The first-order chi connectivity index (χ1) is 8.00. The molecule has 2 aromatic heterocycles. The monoisotopic (exact) mass is 268 g/mol. The summed E-state index contributed by atoms with van der Waals surface area (Å²) >= 11 is 7.59. The van der Waals surface area contributed by atoms with Crippen molar-refractivity contribution in [3.05, 3.63) is 38.3 Å². The molecular formula is C12H13ClN2OS. The van der Waals surface area contributed by atoms with E-state index in [1.807, 2.05) is 25.3 Å². The second-order valence-corrected chi connectivity index (χ2v) is 5.29. The normalized spacial score (nSPS) is 10.8. The fourth-order valence-electron chi connectivity index (χ4n) is 1.77. The van der Waals surface area contributed by atoms with Gasteiger partial charge in [0.25, 0.3) is 0 Å². The molecule has 2 heterocycles. The lowest BCUT2D eigenvalue weighted by atomic mass is 10.1. The molecule has 0 spiro atoms. The number of hydrogen-bond donors (Lipinski definition) is 0. The van der Waals surface area contributed by atoms with Gasteiger partial charge in [-0.05, 0) is 30.9 Å². The van der Waals surface area contributed by atoms with E-state index in [1.54, 1.807) is 11.7 Å². The van der Waals surface area contributed by atoms with E-state index in [0.717, 1.165) is 21.7 Å². The maximum absolute atomic E-state index is 12.1. The Morgan fingerprint density at radius 1 is 1.53 bits per heavy atom. The summed E-state index contributed by atoms with van der Waals surface area (Å²) in [7, 11) is 1.78. The van der Waals surface area contributed by atoms with Crippen LogP contribution in [0, 0.1) is 13.8 Å². The lowest BCUT2D eigenvalue weighted by molar-refractivity contribution is 0.0996. The first-order valence-corrected chi connectivity index (χ1v) is 6.51. The van der Waals surface area contributed by atoms with Crippen LogP contribution in [0.15, 0.2) is 11.4 Å². The molecular weight excluding hydrogens is 256 g/mol. The Hall–Kier alpha value is -1.13. The number of Topliss-reactive ketones (excluding diaryl/α,β-unsaturated/α-hetero) is 1. The van der Waals surface area contributed by atoms with Crippen molar-refractivity contribution in [3.8, 4) is 0 Å². The predicted octanol–water partition coefficient (Wildman–Crippen LogP) is 3.18. The van der Waals surface area contributed by atoms with Crippen LogP contribution < -0.4 is 0 Å². The van der Waals surface area contributed by atoms with Crippen molar-refractivity contribution in [1.29, 1.82) is 0 Å². The van der Waals surface area contributed by atoms with Gasteiger partial charge in [-0.3, -0.25) is 9.48 Å². The molecule has 0 atom stereocenters. The molecule has 0 N–H and O–H groups in total. The molecule has 0 saturated carbocycles. The maximum atomic E-state index is 12.1. The summed E-state index contributed by atoms with van der Waals surface area (Å²) in [5.41, 5.74) is 2.67. The van der Waals surface area contributed by atoms with Crippen LogP contribution in [0.5, 0.6) is 0 Å². The van der Waals surface area contributed by atoms with E-state index in [1.165, 1.54) is 11.3 Å². The molecule has 2 aromatic rings. The number of ketones is 1. The van der Waals surface area contributed by atoms with Gasteiger partial charge < -0.3 is 0 Å². The fourth-order valence-corrected chi connectivity index (χ4v) is 2.88. The Kier molecular flexibility index (Phi) is 3.35. The molecule has 0 fully saturated rings. The Morgan fingerprint density at radius 2 is 2.24 bits per heavy atom. The van der Waals surface area contributed by atoms with Crippen LogP contribution >= 0.6 is 22.9 Å². The summed E-state index contributed by atoms with van der Waals surface area (Å²) in [6.07, 6.45) is 0.319. The summed E-state index contributed by atoms with van der Waals surface area (Å²) < 4.78 is 1.60. The minimum atomic E-state index is 0.107. The highest BCUT2D eigenvalue weighted by Gasteiger charge is 2.17. The molecule has 0 aliphatic rings. The molecule has 5 heteroatoms. The number of aromatic nitrogens is 2. The van der Waals surface area contributed by atoms with Crippen LogP contribution in [0.25, 0.3) is 0 Å². The Balaban J connectivity index is 2.28. The van der Waals surface area contributed by atoms with Crippen LogP contribution in [0.4, 0.5) is 0 Å². The highest BCUT2D eigenvalue weighted by atomic mass is 35.5. The Morgan fingerprint density at radius 3 is 2.71 bits per heavy atom. The van der Waals surface area contributed by atoms with Gasteiger partial charge in [-0.25, -0.2) is 0 Å². The molecule has 0 radical (unpaired) electrons. The lowest BCUT2D eigenvalue weighted by Gasteiger charge is -2.00. The van der Waals surface area contributed by atoms with Gasteiger partial charge in [-0.2, -0.15) is 5.10 Å². The Labute approximate surface area is 109 Å². The molecule has 2 rings (SSSR count). The summed E-state index contributed by atoms with van der Waals surface area (Å²) in [6.45, 7) is 3.82. The molecule has 17 heavy (non-hydrogen) atoms. The van der Waals surface area contributed by atoms with Crippen LogP contribution in [-0.2, 0) is 13.5 Å². The highest BCUT2D eigenvalue weighted by molar-refractivity contribution is 7.12. The van der Waals surface area contributed by atoms with Crippen molar-refractivity contribution >= 4 is 28.7 Å². The average molecular weight is 269 g/mol. The zero-order valence-corrected chi connectivity index (χ0v) is 11.5. The number of hydrogen-bond acceptors (Lipinski definition) is 3. The average Bonchev–Trinajstić information content (AvgIpc) is 2.78. The van der Waals surface area contributed by atoms with Crippen LogP contribution in [0.2, 0.25) is 5.15 Å². The first kappa shape index (κ1) is 12.3. The molecule has 0 aromatic carbocycles. The standard InChI is InChI=1S/C12H13ClN2OS/c1-7-4-5-17-11(7)10(16)6-9-8(2)14-15(3)12(9)13/h4-5H,6H2,1-3H3. The fraction of sp³-hybridized carbons (Fsp3) is 0.333. The number of carbonyl (C=O) groups is 1. The molecule has 0 bridgehead atoms. The van der Waals surface area contributed by atoms with Gasteiger partial charge in [0.2, 0.25) is 0 Å². The summed E-state index contributed by atoms with van der Waals surface area (Å²) in [4.78, 5) is 12.9. The van der Waals surface area contributed by atoms with E-state index in [9.17, 15) is 4.79 Å². The van der Waals surface area contributed by atoms with Crippen molar-refractivity contribution in [1.82, 2.24) is 9.78 Å². The van der Waals surface area contributed by atoms with Gasteiger partial charge in [0.1, 0.15) is 5.15 Å². The third-order valence-electron chi connectivity index (χ3n) is 2.72. The zero-order chi connectivity index (χ0) is 12.6. The van der Waals surface area contributed by atoms with Crippen LogP contribution in [0.1, 0.15) is 26.5 Å². The van der Waals surface area contributed by atoms with E-state index < -0.39 is 0 Å². The number of aryl methyl sites for hydroxylation is 3. The molecule has 3 nitrogen and oxygen atoms in total. The van der Waals surface area contributed by atoms with E-state index in [-0.39, 0.29) is 5.78 Å². The third-order valence-corrected chi connectivity index (χ3v) is 4.25. The molecule has 0 saturated heterocycles. The van der Waals surface area contributed by atoms with Crippen LogP contribution in [0.3, 0.4) is 0 Å². The molecule has 0 aliphatic heterocycles. The lowest BCUT2D eigenvalue weighted by Crippen LogP contribution is -2.03. The van der Waals surface area contributed by atoms with Crippen molar-refractivity contribution < 1.29 is 4.79 Å². The SMILES string of the molecule is Cc1ccsc1C(=O)Cc1c(C)nn(C)c1Cl. The van der Waals surface area contributed by atoms with E-state index in [2.05, 4.69) is 5.10 Å². The van der Waals surface area contributed by atoms with Crippen LogP contribution in [-0.4, -0.2) is 15.6 Å². The topological polar surface area (TPSA) is 34.9 Å². The number of thiophene rings is 1.